The van der Waals surface area contributed by atoms with Crippen molar-refractivity contribution in [3.8, 4) is 0 Å². The SMILES string of the molecule is Cc1noc(C)c1[S+](=O)([O-])N1CCN(c2nc3ncccc3o2)CC1. The van der Waals surface area contributed by atoms with E-state index in [1.54, 1.807) is 32.2 Å². The lowest BCUT2D eigenvalue weighted by atomic mass is 10.4. The Balaban J connectivity index is 1.52. The van der Waals surface area contributed by atoms with Gasteiger partial charge in [-0.05, 0) is 19.1 Å². The minimum Gasteiger partial charge on any atom is -0.593 e. The third-order valence-corrected chi connectivity index (χ3v) is 6.37. The van der Waals surface area contributed by atoms with E-state index in [0.717, 1.165) is 0 Å². The van der Waals surface area contributed by atoms with E-state index in [0.29, 0.717) is 54.9 Å². The number of fused-ring (bicyclic) bond motifs is 1. The zero-order chi connectivity index (χ0) is 17.6. The number of piperazine rings is 1. The fourth-order valence-electron chi connectivity index (χ4n) is 2.98. The third-order valence-electron chi connectivity index (χ3n) is 4.23. The number of aromatic nitrogens is 3. The molecule has 0 aromatic carbocycles. The highest BCUT2D eigenvalue weighted by atomic mass is 32.3. The van der Waals surface area contributed by atoms with Crippen molar-refractivity contribution in [3.63, 3.8) is 0 Å². The second-order valence-corrected chi connectivity index (χ2v) is 7.74. The van der Waals surface area contributed by atoms with Crippen LogP contribution in [0.15, 0.2) is 32.2 Å². The second-order valence-electron chi connectivity index (χ2n) is 5.87. The Labute approximate surface area is 145 Å². The normalized spacial score (nSPS) is 18.6. The van der Waals surface area contributed by atoms with E-state index in [1.807, 2.05) is 4.90 Å². The van der Waals surface area contributed by atoms with Crippen LogP contribution in [0, 0.1) is 13.8 Å². The standard InChI is InChI=1S/C15H17N5O4S/c1-10-13(11(2)24-18-10)25(21,22)20-8-6-19(7-9-20)15-17-14-12(23-15)4-3-5-16-14/h3-5H,6-9H2,1-2H3. The van der Waals surface area contributed by atoms with Crippen molar-refractivity contribution in [2.75, 3.05) is 31.1 Å². The Morgan fingerprint density at radius 2 is 2.00 bits per heavy atom. The number of aryl methyl sites for hydroxylation is 2. The molecule has 4 heterocycles. The van der Waals surface area contributed by atoms with Crippen molar-refractivity contribution in [3.05, 3.63) is 29.8 Å². The minimum absolute atomic E-state index is 0.159. The highest BCUT2D eigenvalue weighted by Crippen LogP contribution is 2.29. The number of pyridine rings is 1. The fourth-order valence-corrected chi connectivity index (χ4v) is 4.70. The summed E-state index contributed by atoms with van der Waals surface area (Å²) in [6, 6.07) is 4.05. The van der Waals surface area contributed by atoms with Gasteiger partial charge in [0.15, 0.2) is 21.7 Å². The van der Waals surface area contributed by atoms with Gasteiger partial charge in [-0.2, -0.15) is 4.98 Å². The summed E-state index contributed by atoms with van der Waals surface area (Å²) in [6.07, 6.45) is 1.66. The zero-order valence-corrected chi connectivity index (χ0v) is 14.7. The largest absolute Gasteiger partial charge is 0.593 e. The van der Waals surface area contributed by atoms with Crippen LogP contribution in [0.25, 0.3) is 11.2 Å². The summed E-state index contributed by atoms with van der Waals surface area (Å²) in [5.41, 5.74) is 1.54. The molecule has 0 aliphatic carbocycles. The fraction of sp³-hybridized carbons (Fsp3) is 0.400. The van der Waals surface area contributed by atoms with Crippen molar-refractivity contribution in [2.45, 2.75) is 18.7 Å². The molecule has 0 N–H and O–H groups in total. The molecule has 1 unspecified atom stereocenters. The molecule has 0 radical (unpaired) electrons. The van der Waals surface area contributed by atoms with Crippen LogP contribution >= 0.6 is 0 Å². The van der Waals surface area contributed by atoms with Crippen LogP contribution in [-0.2, 0) is 14.6 Å². The molecule has 1 aliphatic rings. The van der Waals surface area contributed by atoms with Crippen molar-refractivity contribution in [1.29, 1.82) is 0 Å². The lowest BCUT2D eigenvalue weighted by Gasteiger charge is -2.34. The molecule has 132 valence electrons. The quantitative estimate of drug-likeness (QED) is 0.644. The first-order valence-corrected chi connectivity index (χ1v) is 9.30. The van der Waals surface area contributed by atoms with Gasteiger partial charge in [-0.25, -0.2) is 4.98 Å². The molecule has 1 aliphatic heterocycles. The molecule has 4 rings (SSSR count). The van der Waals surface area contributed by atoms with Gasteiger partial charge in [0.1, 0.15) is 5.69 Å². The first-order chi connectivity index (χ1) is 12.0. The van der Waals surface area contributed by atoms with Gasteiger partial charge in [-0.3, -0.25) is 0 Å². The van der Waals surface area contributed by atoms with Crippen LogP contribution in [0.1, 0.15) is 11.5 Å². The number of rotatable bonds is 3. The summed E-state index contributed by atoms with van der Waals surface area (Å²) in [5, 5.41) is 3.74. The molecule has 9 nitrogen and oxygen atoms in total. The molecular weight excluding hydrogens is 346 g/mol. The Morgan fingerprint density at radius 1 is 1.24 bits per heavy atom. The van der Waals surface area contributed by atoms with Crippen LogP contribution in [0.5, 0.6) is 0 Å². The Hall–Kier alpha value is -2.30. The van der Waals surface area contributed by atoms with E-state index < -0.39 is 10.4 Å². The number of sulfonamides is 1. The van der Waals surface area contributed by atoms with Crippen LogP contribution < -0.4 is 4.90 Å². The molecule has 0 amide bonds. The molecule has 10 heteroatoms. The molecule has 25 heavy (non-hydrogen) atoms. The summed E-state index contributed by atoms with van der Waals surface area (Å²) in [7, 11) is -3.62. The van der Waals surface area contributed by atoms with Crippen LogP contribution in [-0.4, -0.2) is 50.2 Å². The lowest BCUT2D eigenvalue weighted by Crippen LogP contribution is -2.51. The van der Waals surface area contributed by atoms with Crippen LogP contribution in [0.4, 0.5) is 6.01 Å². The van der Waals surface area contributed by atoms with Gasteiger partial charge in [0.05, 0.1) is 13.1 Å². The van der Waals surface area contributed by atoms with Gasteiger partial charge in [-0.1, -0.05) is 9.37 Å². The van der Waals surface area contributed by atoms with Gasteiger partial charge < -0.3 is 18.4 Å². The van der Waals surface area contributed by atoms with E-state index in [4.69, 9.17) is 8.94 Å². The Kier molecular flexibility index (Phi) is 3.82. The van der Waals surface area contributed by atoms with Crippen LogP contribution in [0.3, 0.4) is 0 Å². The maximum absolute atomic E-state index is 12.8. The summed E-state index contributed by atoms with van der Waals surface area (Å²) in [4.78, 5) is 10.6. The first kappa shape index (κ1) is 16.2. The third kappa shape index (κ3) is 2.71. The van der Waals surface area contributed by atoms with Crippen molar-refractivity contribution < 1.29 is 17.7 Å². The summed E-state index contributed by atoms with van der Waals surface area (Å²) >= 11 is 0. The number of hydrogen-bond acceptors (Lipinski definition) is 8. The van der Waals surface area contributed by atoms with E-state index in [1.165, 1.54) is 4.31 Å². The predicted octanol–water partition coefficient (Wildman–Crippen LogP) is 1.55. The molecule has 0 bridgehead atoms. The molecule has 0 spiro atoms. The second kappa shape index (κ2) is 5.90. The van der Waals surface area contributed by atoms with E-state index in [2.05, 4.69) is 15.1 Å². The highest BCUT2D eigenvalue weighted by molar-refractivity contribution is 7.95. The lowest BCUT2D eigenvalue weighted by molar-refractivity contribution is 0.330. The molecule has 3 aromatic rings. The maximum atomic E-state index is 12.8. The van der Waals surface area contributed by atoms with Crippen molar-refractivity contribution in [1.82, 2.24) is 19.4 Å². The van der Waals surface area contributed by atoms with Crippen molar-refractivity contribution >= 4 is 27.6 Å². The Morgan fingerprint density at radius 3 is 2.64 bits per heavy atom. The van der Waals surface area contributed by atoms with Crippen molar-refractivity contribution in [2.24, 2.45) is 0 Å². The van der Waals surface area contributed by atoms with E-state index >= 15 is 0 Å². The van der Waals surface area contributed by atoms with E-state index in [9.17, 15) is 8.76 Å². The van der Waals surface area contributed by atoms with Gasteiger partial charge in [0.25, 0.3) is 6.01 Å². The molecular formula is C15H17N5O4S. The smallest absolute Gasteiger partial charge is 0.300 e. The number of anilines is 1. The topological polar surface area (TPSA) is 112 Å². The maximum Gasteiger partial charge on any atom is 0.300 e. The summed E-state index contributed by atoms with van der Waals surface area (Å²) in [6.45, 7) is 4.86. The molecule has 1 atom stereocenters. The van der Waals surface area contributed by atoms with E-state index in [-0.39, 0.29) is 4.90 Å². The van der Waals surface area contributed by atoms with Gasteiger partial charge in [0, 0.05) is 26.2 Å². The average Bonchev–Trinajstić information content (AvgIpc) is 3.18. The minimum atomic E-state index is -3.62. The predicted molar refractivity (Wildman–Crippen MR) is 88.7 cm³/mol. The number of oxazole rings is 1. The monoisotopic (exact) mass is 363 g/mol. The first-order valence-electron chi connectivity index (χ1n) is 7.86. The molecule has 1 fully saturated rings. The Bertz CT molecular complexity index is 907. The average molecular weight is 363 g/mol. The highest BCUT2D eigenvalue weighted by Gasteiger charge is 2.39. The van der Waals surface area contributed by atoms with Gasteiger partial charge >= 0.3 is 0 Å². The zero-order valence-electron chi connectivity index (χ0n) is 13.8. The molecule has 0 saturated carbocycles. The molecule has 1 saturated heterocycles. The summed E-state index contributed by atoms with van der Waals surface area (Å²) < 4.78 is 37.8. The number of hydrogen-bond donors (Lipinski definition) is 0. The van der Waals surface area contributed by atoms with Crippen LogP contribution in [0.2, 0.25) is 0 Å². The summed E-state index contributed by atoms with van der Waals surface area (Å²) in [5.74, 6) is 0.310. The molecule has 3 aromatic heterocycles. The van der Waals surface area contributed by atoms with Gasteiger partial charge in [-0.15, -0.1) is 4.31 Å². The van der Waals surface area contributed by atoms with Gasteiger partial charge in [0.2, 0.25) is 10.5 Å². The number of nitrogens with zero attached hydrogens (tertiary/aromatic N) is 5.